The average Bonchev–Trinajstić information content (AvgIpc) is 2.62. The lowest BCUT2D eigenvalue weighted by atomic mass is 10.2. The van der Waals surface area contributed by atoms with E-state index in [0.29, 0.717) is 18.1 Å². The monoisotopic (exact) mass is 246 g/mol. The number of nitrogens with one attached hydrogen (secondary N) is 1. The van der Waals surface area contributed by atoms with Crippen LogP contribution in [0.1, 0.15) is 21.6 Å². The molecule has 2 aromatic heterocycles. The maximum Gasteiger partial charge on any atom is 0.341 e. The molecule has 0 spiro atoms. The molecule has 18 heavy (non-hydrogen) atoms. The van der Waals surface area contributed by atoms with Gasteiger partial charge < -0.3 is 10.4 Å². The molecule has 94 valence electrons. The SMILES string of the molecule is Cc1nn(C)c(NCc2ccncc2)c1C(=O)O. The van der Waals surface area contributed by atoms with Crippen LogP contribution < -0.4 is 5.32 Å². The molecule has 2 N–H and O–H groups in total. The molecule has 0 aliphatic rings. The van der Waals surface area contributed by atoms with E-state index in [1.807, 2.05) is 12.1 Å². The van der Waals surface area contributed by atoms with Crippen molar-refractivity contribution in [2.75, 3.05) is 5.32 Å². The van der Waals surface area contributed by atoms with Crippen molar-refractivity contribution in [3.8, 4) is 0 Å². The molecule has 0 radical (unpaired) electrons. The van der Waals surface area contributed by atoms with Gasteiger partial charge in [-0.05, 0) is 24.6 Å². The van der Waals surface area contributed by atoms with Crippen molar-refractivity contribution in [2.24, 2.45) is 7.05 Å². The van der Waals surface area contributed by atoms with Crippen LogP contribution in [0.25, 0.3) is 0 Å². The van der Waals surface area contributed by atoms with E-state index in [1.54, 1.807) is 31.0 Å². The van der Waals surface area contributed by atoms with Crippen LogP contribution in [0.15, 0.2) is 24.5 Å². The van der Waals surface area contributed by atoms with Crippen molar-refractivity contribution in [1.82, 2.24) is 14.8 Å². The molecule has 2 aromatic rings. The van der Waals surface area contributed by atoms with Crippen LogP contribution >= 0.6 is 0 Å². The van der Waals surface area contributed by atoms with E-state index in [2.05, 4.69) is 15.4 Å². The fraction of sp³-hybridized carbons (Fsp3) is 0.250. The largest absolute Gasteiger partial charge is 0.477 e. The number of aromatic carboxylic acids is 1. The summed E-state index contributed by atoms with van der Waals surface area (Å²) in [4.78, 5) is 15.1. The van der Waals surface area contributed by atoms with Crippen LogP contribution in [-0.4, -0.2) is 25.8 Å². The van der Waals surface area contributed by atoms with Gasteiger partial charge in [-0.1, -0.05) is 0 Å². The zero-order valence-electron chi connectivity index (χ0n) is 10.2. The number of aryl methyl sites for hydroxylation is 2. The first-order chi connectivity index (χ1) is 8.59. The second-order valence-corrected chi connectivity index (χ2v) is 3.95. The molecule has 0 unspecified atom stereocenters. The highest BCUT2D eigenvalue weighted by molar-refractivity contribution is 5.94. The number of nitrogens with zero attached hydrogens (tertiary/aromatic N) is 3. The Morgan fingerprint density at radius 1 is 1.44 bits per heavy atom. The van der Waals surface area contributed by atoms with Crippen LogP contribution in [-0.2, 0) is 13.6 Å². The molecule has 0 aromatic carbocycles. The molecule has 0 amide bonds. The van der Waals surface area contributed by atoms with Gasteiger partial charge in [-0.15, -0.1) is 0 Å². The van der Waals surface area contributed by atoms with Crippen molar-refractivity contribution in [1.29, 1.82) is 0 Å². The van der Waals surface area contributed by atoms with Gasteiger partial charge in [0, 0.05) is 26.0 Å². The third-order valence-corrected chi connectivity index (χ3v) is 2.65. The molecule has 0 saturated heterocycles. The van der Waals surface area contributed by atoms with E-state index in [1.165, 1.54) is 0 Å². The number of aromatic nitrogens is 3. The first-order valence-corrected chi connectivity index (χ1v) is 5.49. The lowest BCUT2D eigenvalue weighted by molar-refractivity contribution is 0.0697. The third kappa shape index (κ3) is 2.32. The highest BCUT2D eigenvalue weighted by Crippen LogP contribution is 2.19. The summed E-state index contributed by atoms with van der Waals surface area (Å²) in [6.45, 7) is 2.21. The smallest absolute Gasteiger partial charge is 0.341 e. The van der Waals surface area contributed by atoms with Crippen molar-refractivity contribution >= 4 is 11.8 Å². The molecule has 2 heterocycles. The molecule has 0 aliphatic heterocycles. The lowest BCUT2D eigenvalue weighted by Crippen LogP contribution is -2.09. The second kappa shape index (κ2) is 4.87. The highest BCUT2D eigenvalue weighted by Gasteiger charge is 2.19. The van der Waals surface area contributed by atoms with Gasteiger partial charge in [0.25, 0.3) is 0 Å². The maximum absolute atomic E-state index is 11.2. The molecule has 0 bridgehead atoms. The van der Waals surface area contributed by atoms with Gasteiger partial charge >= 0.3 is 5.97 Å². The quantitative estimate of drug-likeness (QED) is 0.853. The Hall–Kier alpha value is -2.37. The molecule has 6 heteroatoms. The number of hydrogen-bond donors (Lipinski definition) is 2. The Morgan fingerprint density at radius 3 is 2.72 bits per heavy atom. The van der Waals surface area contributed by atoms with Crippen LogP contribution in [0.5, 0.6) is 0 Å². The second-order valence-electron chi connectivity index (χ2n) is 3.95. The first kappa shape index (κ1) is 12.1. The van der Waals surface area contributed by atoms with Gasteiger partial charge in [-0.3, -0.25) is 9.67 Å². The minimum Gasteiger partial charge on any atom is -0.477 e. The fourth-order valence-electron chi connectivity index (χ4n) is 1.80. The summed E-state index contributed by atoms with van der Waals surface area (Å²) in [7, 11) is 1.72. The number of pyridine rings is 1. The topological polar surface area (TPSA) is 80.0 Å². The van der Waals surface area contributed by atoms with Crippen molar-refractivity contribution in [2.45, 2.75) is 13.5 Å². The average molecular weight is 246 g/mol. The zero-order valence-corrected chi connectivity index (χ0v) is 10.2. The summed E-state index contributed by atoms with van der Waals surface area (Å²) < 4.78 is 1.54. The summed E-state index contributed by atoms with van der Waals surface area (Å²) in [5.74, 6) is -0.463. The van der Waals surface area contributed by atoms with E-state index in [9.17, 15) is 4.79 Å². The van der Waals surface area contributed by atoms with Gasteiger partial charge in [0.05, 0.1) is 5.69 Å². The van der Waals surface area contributed by atoms with Gasteiger partial charge in [-0.2, -0.15) is 5.10 Å². The number of hydrogen-bond acceptors (Lipinski definition) is 4. The molecule has 0 aliphatic carbocycles. The fourth-order valence-corrected chi connectivity index (χ4v) is 1.80. The number of carbonyl (C=O) groups is 1. The zero-order chi connectivity index (χ0) is 13.1. The van der Waals surface area contributed by atoms with Crippen LogP contribution in [0.3, 0.4) is 0 Å². The van der Waals surface area contributed by atoms with E-state index in [0.717, 1.165) is 5.56 Å². The summed E-state index contributed by atoms with van der Waals surface area (Å²) in [6, 6.07) is 3.74. The Morgan fingerprint density at radius 2 is 2.11 bits per heavy atom. The lowest BCUT2D eigenvalue weighted by Gasteiger charge is -2.07. The predicted octanol–water partition coefficient (Wildman–Crippen LogP) is 1.43. The number of anilines is 1. The van der Waals surface area contributed by atoms with Crippen molar-refractivity contribution < 1.29 is 9.90 Å². The van der Waals surface area contributed by atoms with E-state index >= 15 is 0 Å². The number of rotatable bonds is 4. The van der Waals surface area contributed by atoms with Crippen molar-refractivity contribution in [3.05, 3.63) is 41.3 Å². The van der Waals surface area contributed by atoms with Gasteiger partial charge in [0.2, 0.25) is 0 Å². The molecular formula is C12H14N4O2. The molecule has 2 rings (SSSR count). The Labute approximate surface area is 104 Å². The minimum atomic E-state index is -0.974. The molecule has 0 fully saturated rings. The maximum atomic E-state index is 11.2. The predicted molar refractivity (Wildman–Crippen MR) is 66.5 cm³/mol. The van der Waals surface area contributed by atoms with Gasteiger partial charge in [-0.25, -0.2) is 4.79 Å². The van der Waals surface area contributed by atoms with E-state index in [4.69, 9.17) is 5.11 Å². The van der Waals surface area contributed by atoms with Crippen molar-refractivity contribution in [3.63, 3.8) is 0 Å². The molecule has 0 saturated carbocycles. The molecular weight excluding hydrogens is 232 g/mol. The van der Waals surface area contributed by atoms with Gasteiger partial charge in [0.1, 0.15) is 11.4 Å². The summed E-state index contributed by atoms with van der Waals surface area (Å²) in [5, 5.41) is 16.4. The normalized spacial score (nSPS) is 10.3. The van der Waals surface area contributed by atoms with Crippen LogP contribution in [0.4, 0.5) is 5.82 Å². The Balaban J connectivity index is 2.22. The molecule has 6 nitrogen and oxygen atoms in total. The highest BCUT2D eigenvalue weighted by atomic mass is 16.4. The Kier molecular flexibility index (Phi) is 3.27. The van der Waals surface area contributed by atoms with Gasteiger partial charge in [0.15, 0.2) is 0 Å². The number of carboxylic acids is 1. The number of carboxylic acid groups (broad SMARTS) is 1. The standard InChI is InChI=1S/C12H14N4O2/c1-8-10(12(17)18)11(16(2)15-8)14-7-9-3-5-13-6-4-9/h3-6,14H,7H2,1-2H3,(H,17,18). The van der Waals surface area contributed by atoms with E-state index in [-0.39, 0.29) is 5.56 Å². The summed E-state index contributed by atoms with van der Waals surface area (Å²) in [6.07, 6.45) is 3.40. The Bertz CT molecular complexity index is 563. The minimum absolute atomic E-state index is 0.214. The first-order valence-electron chi connectivity index (χ1n) is 5.49. The molecule has 0 atom stereocenters. The van der Waals surface area contributed by atoms with Crippen LogP contribution in [0.2, 0.25) is 0 Å². The van der Waals surface area contributed by atoms with E-state index < -0.39 is 5.97 Å². The van der Waals surface area contributed by atoms with Crippen LogP contribution in [0, 0.1) is 6.92 Å². The third-order valence-electron chi connectivity index (χ3n) is 2.65. The summed E-state index contributed by atoms with van der Waals surface area (Å²) >= 11 is 0. The summed E-state index contributed by atoms with van der Waals surface area (Å²) in [5.41, 5.74) is 1.74.